The molecule has 2 rings (SSSR count). The van der Waals surface area contributed by atoms with Gasteiger partial charge >= 0.3 is 0 Å². The maximum absolute atomic E-state index is 12.5. The van der Waals surface area contributed by atoms with Crippen LogP contribution in [0.5, 0.6) is 0 Å². The van der Waals surface area contributed by atoms with Gasteiger partial charge in [0.1, 0.15) is 0 Å². The fourth-order valence-electron chi connectivity index (χ4n) is 2.71. The molecule has 1 heterocycles. The predicted octanol–water partition coefficient (Wildman–Crippen LogP) is 4.02. The minimum absolute atomic E-state index is 0.132. The Kier molecular flexibility index (Phi) is 7.18. The number of fused-ring (bicyclic) bond motifs is 1. The van der Waals surface area contributed by atoms with Gasteiger partial charge in [0.25, 0.3) is 5.91 Å². The van der Waals surface area contributed by atoms with Crippen molar-refractivity contribution in [2.24, 2.45) is 0 Å². The van der Waals surface area contributed by atoms with E-state index < -0.39 is 0 Å². The SMILES string of the molecule is C\C=C/C=C\C(=C\CC)CNC(=O)c1ccc2c(c1)C(C#N)COC2. The van der Waals surface area contributed by atoms with E-state index in [1.54, 1.807) is 6.07 Å². The molecule has 25 heavy (non-hydrogen) atoms. The number of hydrogen-bond donors (Lipinski definition) is 1. The Morgan fingerprint density at radius 1 is 1.44 bits per heavy atom. The average molecular weight is 336 g/mol. The second kappa shape index (κ2) is 9.61. The zero-order valence-corrected chi connectivity index (χ0v) is 14.8. The summed E-state index contributed by atoms with van der Waals surface area (Å²) >= 11 is 0. The highest BCUT2D eigenvalue weighted by molar-refractivity contribution is 5.94. The van der Waals surface area contributed by atoms with Gasteiger partial charge in [-0.15, -0.1) is 0 Å². The molecule has 0 aliphatic carbocycles. The first-order chi connectivity index (χ1) is 12.2. The average Bonchev–Trinajstić information content (AvgIpc) is 2.65. The molecule has 1 unspecified atom stereocenters. The lowest BCUT2D eigenvalue weighted by Gasteiger charge is -2.21. The van der Waals surface area contributed by atoms with Crippen LogP contribution in [0.1, 0.15) is 47.7 Å². The highest BCUT2D eigenvalue weighted by Crippen LogP contribution is 2.27. The van der Waals surface area contributed by atoms with E-state index in [1.165, 1.54) is 0 Å². The Labute approximate surface area is 149 Å². The highest BCUT2D eigenvalue weighted by atomic mass is 16.5. The lowest BCUT2D eigenvalue weighted by atomic mass is 9.92. The Morgan fingerprint density at radius 2 is 2.28 bits per heavy atom. The van der Waals surface area contributed by atoms with Gasteiger partial charge in [0.15, 0.2) is 0 Å². The zero-order chi connectivity index (χ0) is 18.1. The molecule has 1 aromatic rings. The molecule has 1 aliphatic heterocycles. The summed E-state index contributed by atoms with van der Waals surface area (Å²) in [6, 6.07) is 7.73. The van der Waals surface area contributed by atoms with E-state index in [2.05, 4.69) is 24.4 Å². The number of nitrogens with zero attached hydrogens (tertiary/aromatic N) is 1. The molecule has 0 saturated carbocycles. The van der Waals surface area contributed by atoms with Gasteiger partial charge in [-0.05, 0) is 42.2 Å². The van der Waals surface area contributed by atoms with E-state index in [4.69, 9.17) is 4.74 Å². The molecule has 0 radical (unpaired) electrons. The topological polar surface area (TPSA) is 62.1 Å². The van der Waals surface area contributed by atoms with Crippen molar-refractivity contribution in [3.8, 4) is 6.07 Å². The van der Waals surface area contributed by atoms with Gasteiger partial charge in [0.2, 0.25) is 0 Å². The van der Waals surface area contributed by atoms with Crippen molar-refractivity contribution in [1.82, 2.24) is 5.32 Å². The van der Waals surface area contributed by atoms with E-state index in [0.717, 1.165) is 23.1 Å². The van der Waals surface area contributed by atoms with Crippen molar-refractivity contribution in [1.29, 1.82) is 5.26 Å². The molecule has 1 aromatic carbocycles. The predicted molar refractivity (Wildman–Crippen MR) is 99.1 cm³/mol. The Hall–Kier alpha value is -2.64. The molecule has 130 valence electrons. The molecule has 1 atom stereocenters. The molecule has 1 amide bonds. The van der Waals surface area contributed by atoms with Gasteiger partial charge in [-0.25, -0.2) is 0 Å². The summed E-state index contributed by atoms with van der Waals surface area (Å²) in [5.41, 5.74) is 3.53. The molecule has 4 heteroatoms. The number of rotatable bonds is 6. The van der Waals surface area contributed by atoms with Crippen molar-refractivity contribution < 1.29 is 9.53 Å². The van der Waals surface area contributed by atoms with Crippen molar-refractivity contribution in [3.63, 3.8) is 0 Å². The van der Waals surface area contributed by atoms with E-state index in [0.29, 0.717) is 25.3 Å². The lowest BCUT2D eigenvalue weighted by molar-refractivity contribution is 0.0952. The van der Waals surface area contributed by atoms with Crippen LogP contribution >= 0.6 is 0 Å². The Balaban J connectivity index is 2.08. The van der Waals surface area contributed by atoms with Crippen molar-refractivity contribution in [2.45, 2.75) is 32.8 Å². The van der Waals surface area contributed by atoms with Gasteiger partial charge < -0.3 is 10.1 Å². The third-order valence-electron chi connectivity index (χ3n) is 4.01. The number of nitriles is 1. The van der Waals surface area contributed by atoms with Crippen LogP contribution in [0.15, 0.2) is 54.2 Å². The quantitative estimate of drug-likeness (QED) is 0.798. The van der Waals surface area contributed by atoms with Gasteiger partial charge in [0, 0.05) is 12.1 Å². The summed E-state index contributed by atoms with van der Waals surface area (Å²) in [5, 5.41) is 12.2. The number of nitrogens with one attached hydrogen (secondary N) is 1. The molecule has 0 saturated heterocycles. The standard InChI is InChI=1S/C21H24N2O2/c1-3-5-6-8-16(7-4-2)13-23-21(24)17-9-10-18-14-25-15-19(12-22)20(18)11-17/h3,5-11,19H,4,13-15H2,1-2H3,(H,23,24)/b5-3-,8-6-,16-7-. The van der Waals surface area contributed by atoms with Crippen LogP contribution in [0.2, 0.25) is 0 Å². The van der Waals surface area contributed by atoms with Crippen LogP contribution in [0.4, 0.5) is 0 Å². The normalized spacial score (nSPS) is 17.5. The Morgan fingerprint density at radius 3 is 3.00 bits per heavy atom. The summed E-state index contributed by atoms with van der Waals surface area (Å²) in [7, 11) is 0. The molecule has 1 aliphatic rings. The van der Waals surface area contributed by atoms with Gasteiger partial charge in [-0.2, -0.15) is 5.26 Å². The summed E-state index contributed by atoms with van der Waals surface area (Å²) in [5.74, 6) is -0.441. The fourth-order valence-corrected chi connectivity index (χ4v) is 2.71. The zero-order valence-electron chi connectivity index (χ0n) is 14.8. The number of carbonyl (C=O) groups is 1. The maximum Gasteiger partial charge on any atom is 0.251 e. The molecule has 0 bridgehead atoms. The van der Waals surface area contributed by atoms with Crippen molar-refractivity contribution >= 4 is 5.91 Å². The smallest absolute Gasteiger partial charge is 0.251 e. The van der Waals surface area contributed by atoms with Crippen LogP contribution in [-0.4, -0.2) is 19.1 Å². The third-order valence-corrected chi connectivity index (χ3v) is 4.01. The highest BCUT2D eigenvalue weighted by Gasteiger charge is 2.21. The van der Waals surface area contributed by atoms with E-state index in [9.17, 15) is 10.1 Å². The number of ether oxygens (including phenoxy) is 1. The van der Waals surface area contributed by atoms with E-state index >= 15 is 0 Å². The molecule has 0 spiro atoms. The van der Waals surface area contributed by atoms with Crippen LogP contribution in [0.3, 0.4) is 0 Å². The summed E-state index contributed by atoms with van der Waals surface area (Å²) in [6.07, 6.45) is 10.9. The van der Waals surface area contributed by atoms with Gasteiger partial charge in [-0.1, -0.05) is 43.4 Å². The van der Waals surface area contributed by atoms with Crippen molar-refractivity contribution in [2.75, 3.05) is 13.2 Å². The molecule has 0 aromatic heterocycles. The molecular formula is C21H24N2O2. The monoisotopic (exact) mass is 336 g/mol. The first-order valence-corrected chi connectivity index (χ1v) is 8.56. The lowest BCUT2D eigenvalue weighted by Crippen LogP contribution is -2.26. The van der Waals surface area contributed by atoms with Crippen LogP contribution in [-0.2, 0) is 11.3 Å². The summed E-state index contributed by atoms with van der Waals surface area (Å²) < 4.78 is 5.41. The number of carbonyl (C=O) groups excluding carboxylic acids is 1. The van der Waals surface area contributed by atoms with Crippen LogP contribution in [0.25, 0.3) is 0 Å². The number of hydrogen-bond acceptors (Lipinski definition) is 3. The molecule has 4 nitrogen and oxygen atoms in total. The minimum Gasteiger partial charge on any atom is -0.375 e. The second-order valence-corrected chi connectivity index (χ2v) is 5.87. The number of amides is 1. The minimum atomic E-state index is -0.309. The van der Waals surface area contributed by atoms with E-state index in [-0.39, 0.29) is 11.8 Å². The third kappa shape index (κ3) is 5.17. The van der Waals surface area contributed by atoms with Crippen LogP contribution < -0.4 is 5.32 Å². The van der Waals surface area contributed by atoms with E-state index in [1.807, 2.05) is 43.4 Å². The maximum atomic E-state index is 12.5. The first-order valence-electron chi connectivity index (χ1n) is 8.56. The fraction of sp³-hybridized carbons (Fsp3) is 0.333. The van der Waals surface area contributed by atoms with Gasteiger partial charge in [0.05, 0.1) is 25.2 Å². The first kappa shape index (κ1) is 18.7. The molecule has 0 fully saturated rings. The number of benzene rings is 1. The number of allylic oxidation sites excluding steroid dienone is 4. The molecule has 1 N–H and O–H groups in total. The summed E-state index contributed by atoms with van der Waals surface area (Å²) in [4.78, 5) is 12.5. The summed E-state index contributed by atoms with van der Waals surface area (Å²) in [6.45, 7) is 5.38. The second-order valence-electron chi connectivity index (χ2n) is 5.87. The largest absolute Gasteiger partial charge is 0.375 e. The van der Waals surface area contributed by atoms with Crippen molar-refractivity contribution in [3.05, 3.63) is 70.8 Å². The van der Waals surface area contributed by atoms with Gasteiger partial charge in [-0.3, -0.25) is 4.79 Å². The Bertz CT molecular complexity index is 739. The molecular weight excluding hydrogens is 312 g/mol. The van der Waals surface area contributed by atoms with Crippen LogP contribution in [0, 0.1) is 11.3 Å².